The van der Waals surface area contributed by atoms with Crippen LogP contribution in [0.1, 0.15) is 5.56 Å². The highest BCUT2D eigenvalue weighted by molar-refractivity contribution is 5.57. The molecule has 2 aromatic rings. The van der Waals surface area contributed by atoms with Gasteiger partial charge in [-0.1, -0.05) is 17.7 Å². The van der Waals surface area contributed by atoms with Gasteiger partial charge < -0.3 is 30.1 Å². The summed E-state index contributed by atoms with van der Waals surface area (Å²) in [5.74, 6) is 2.75. The van der Waals surface area contributed by atoms with E-state index in [-0.39, 0.29) is 0 Å². The quantitative estimate of drug-likeness (QED) is 0.628. The minimum absolute atomic E-state index is 0.732. The lowest BCUT2D eigenvalue weighted by Gasteiger charge is -2.37. The lowest BCUT2D eigenvalue weighted by atomic mass is 10.2. The molecule has 0 radical (unpaired) electrons. The van der Waals surface area contributed by atoms with Gasteiger partial charge in [0.2, 0.25) is 5.95 Å². The van der Waals surface area contributed by atoms with Crippen LogP contribution in [0.2, 0.25) is 0 Å². The Balaban J connectivity index is 1.26. The van der Waals surface area contributed by atoms with Gasteiger partial charge in [0.1, 0.15) is 11.6 Å². The fourth-order valence-corrected chi connectivity index (χ4v) is 4.83. The summed E-state index contributed by atoms with van der Waals surface area (Å²) < 4.78 is 5.56. The Labute approximate surface area is 203 Å². The van der Waals surface area contributed by atoms with Crippen molar-refractivity contribution in [3.63, 3.8) is 0 Å². The van der Waals surface area contributed by atoms with Crippen molar-refractivity contribution < 1.29 is 4.74 Å². The SMILES string of the molecule is Cc1ccc(N2CCN(c3cc(N4CCOCC4)nc(NCCN4CCNCC4)n3)CC2)cc1. The summed E-state index contributed by atoms with van der Waals surface area (Å²) in [6, 6.07) is 11.0. The van der Waals surface area contributed by atoms with Gasteiger partial charge >= 0.3 is 0 Å². The van der Waals surface area contributed by atoms with Gasteiger partial charge in [0, 0.05) is 90.3 Å². The third kappa shape index (κ3) is 5.89. The number of anilines is 4. The van der Waals surface area contributed by atoms with Gasteiger partial charge in [-0.25, -0.2) is 0 Å². The Hall–Kier alpha value is -2.62. The number of ether oxygens (including phenoxy) is 1. The second kappa shape index (κ2) is 11.2. The highest BCUT2D eigenvalue weighted by Gasteiger charge is 2.22. The van der Waals surface area contributed by atoms with Gasteiger partial charge in [-0.15, -0.1) is 0 Å². The molecule has 5 rings (SSSR count). The molecule has 3 fully saturated rings. The molecule has 0 amide bonds. The second-order valence-corrected chi connectivity index (χ2v) is 9.34. The number of nitrogens with one attached hydrogen (secondary N) is 2. The molecule has 0 bridgehead atoms. The van der Waals surface area contributed by atoms with Crippen LogP contribution < -0.4 is 25.3 Å². The number of morpholine rings is 1. The normalized spacial score (nSPS) is 20.0. The van der Waals surface area contributed by atoms with Crippen molar-refractivity contribution in [2.45, 2.75) is 6.92 Å². The maximum atomic E-state index is 5.56. The molecule has 9 heteroatoms. The molecule has 3 aliphatic rings. The molecule has 184 valence electrons. The highest BCUT2D eigenvalue weighted by Crippen LogP contribution is 2.25. The molecule has 0 unspecified atom stereocenters. The van der Waals surface area contributed by atoms with E-state index in [1.54, 1.807) is 0 Å². The summed E-state index contributed by atoms with van der Waals surface area (Å²) in [7, 11) is 0. The van der Waals surface area contributed by atoms with Crippen LogP contribution in [0.3, 0.4) is 0 Å². The molecule has 0 saturated carbocycles. The number of hydrogen-bond donors (Lipinski definition) is 2. The summed E-state index contributed by atoms with van der Waals surface area (Å²) in [5, 5.41) is 6.93. The summed E-state index contributed by atoms with van der Waals surface area (Å²) in [6.45, 7) is 15.5. The highest BCUT2D eigenvalue weighted by atomic mass is 16.5. The molecular weight excluding hydrogens is 428 g/mol. The molecular formula is C25H38N8O. The fourth-order valence-electron chi connectivity index (χ4n) is 4.83. The third-order valence-corrected chi connectivity index (χ3v) is 6.96. The molecule has 3 aliphatic heterocycles. The first-order valence-corrected chi connectivity index (χ1v) is 12.7. The zero-order valence-electron chi connectivity index (χ0n) is 20.4. The van der Waals surface area contributed by atoms with Crippen molar-refractivity contribution in [2.24, 2.45) is 0 Å². The summed E-state index contributed by atoms with van der Waals surface area (Å²) in [5.41, 5.74) is 2.60. The number of hydrogen-bond acceptors (Lipinski definition) is 9. The molecule has 0 aliphatic carbocycles. The van der Waals surface area contributed by atoms with Crippen LogP contribution in [-0.4, -0.2) is 107 Å². The predicted molar refractivity (Wildman–Crippen MR) is 138 cm³/mol. The number of aromatic nitrogens is 2. The second-order valence-electron chi connectivity index (χ2n) is 9.34. The van der Waals surface area contributed by atoms with Crippen molar-refractivity contribution in [3.8, 4) is 0 Å². The van der Waals surface area contributed by atoms with Gasteiger partial charge in [-0.2, -0.15) is 9.97 Å². The minimum atomic E-state index is 0.732. The van der Waals surface area contributed by atoms with Crippen LogP contribution in [0.25, 0.3) is 0 Å². The van der Waals surface area contributed by atoms with E-state index in [1.807, 2.05) is 0 Å². The molecule has 2 N–H and O–H groups in total. The van der Waals surface area contributed by atoms with Crippen molar-refractivity contribution in [3.05, 3.63) is 35.9 Å². The largest absolute Gasteiger partial charge is 0.378 e. The first kappa shape index (κ1) is 23.1. The Morgan fingerprint density at radius 2 is 1.44 bits per heavy atom. The monoisotopic (exact) mass is 466 g/mol. The predicted octanol–water partition coefficient (Wildman–Crippen LogP) is 1.27. The lowest BCUT2D eigenvalue weighted by molar-refractivity contribution is 0.122. The fraction of sp³-hybridized carbons (Fsp3) is 0.600. The van der Waals surface area contributed by atoms with Gasteiger partial charge in [-0.05, 0) is 19.1 Å². The van der Waals surface area contributed by atoms with E-state index in [0.29, 0.717) is 0 Å². The maximum Gasteiger partial charge on any atom is 0.226 e. The minimum Gasteiger partial charge on any atom is -0.378 e. The van der Waals surface area contributed by atoms with Crippen molar-refractivity contribution >= 4 is 23.3 Å². The number of rotatable bonds is 7. The lowest BCUT2D eigenvalue weighted by Crippen LogP contribution is -2.47. The zero-order valence-corrected chi connectivity index (χ0v) is 20.4. The van der Waals surface area contributed by atoms with Crippen LogP contribution in [0, 0.1) is 6.92 Å². The van der Waals surface area contributed by atoms with E-state index in [2.05, 4.69) is 67.5 Å². The van der Waals surface area contributed by atoms with Gasteiger partial charge in [0.25, 0.3) is 0 Å². The smallest absolute Gasteiger partial charge is 0.226 e. The van der Waals surface area contributed by atoms with Crippen molar-refractivity contribution in [1.29, 1.82) is 0 Å². The van der Waals surface area contributed by atoms with Gasteiger partial charge in [-0.3, -0.25) is 4.90 Å². The zero-order chi connectivity index (χ0) is 23.2. The molecule has 9 nitrogen and oxygen atoms in total. The number of aryl methyl sites for hydroxylation is 1. The molecule has 0 atom stereocenters. The van der Waals surface area contributed by atoms with E-state index in [1.165, 1.54) is 11.3 Å². The topological polar surface area (TPSA) is 72.0 Å². The number of piperazine rings is 2. The van der Waals surface area contributed by atoms with Crippen LogP contribution in [0.15, 0.2) is 30.3 Å². The Morgan fingerprint density at radius 3 is 2.12 bits per heavy atom. The molecule has 34 heavy (non-hydrogen) atoms. The summed E-state index contributed by atoms with van der Waals surface area (Å²) in [4.78, 5) is 19.5. The number of benzene rings is 1. The van der Waals surface area contributed by atoms with Crippen LogP contribution in [-0.2, 0) is 4.74 Å². The van der Waals surface area contributed by atoms with Gasteiger partial charge in [0.15, 0.2) is 0 Å². The summed E-state index contributed by atoms with van der Waals surface area (Å²) >= 11 is 0. The van der Waals surface area contributed by atoms with E-state index in [4.69, 9.17) is 14.7 Å². The molecule has 4 heterocycles. The average Bonchev–Trinajstić information content (AvgIpc) is 2.90. The van der Waals surface area contributed by atoms with Crippen LogP contribution in [0.5, 0.6) is 0 Å². The van der Waals surface area contributed by atoms with Crippen LogP contribution >= 0.6 is 0 Å². The van der Waals surface area contributed by atoms with Gasteiger partial charge in [0.05, 0.1) is 13.2 Å². The Morgan fingerprint density at radius 1 is 0.824 bits per heavy atom. The van der Waals surface area contributed by atoms with Crippen molar-refractivity contribution in [1.82, 2.24) is 20.2 Å². The van der Waals surface area contributed by atoms with E-state index >= 15 is 0 Å². The molecule has 1 aromatic heterocycles. The van der Waals surface area contributed by atoms with Crippen LogP contribution in [0.4, 0.5) is 23.3 Å². The molecule has 3 saturated heterocycles. The maximum absolute atomic E-state index is 5.56. The first-order valence-electron chi connectivity index (χ1n) is 12.7. The molecule has 0 spiro atoms. The van der Waals surface area contributed by atoms with E-state index in [9.17, 15) is 0 Å². The number of nitrogens with zero attached hydrogens (tertiary/aromatic N) is 6. The first-order chi connectivity index (χ1) is 16.7. The Kier molecular flexibility index (Phi) is 7.62. The standard InChI is InChI=1S/C25H38N8O/c1-21-2-4-22(5-3-21)31-12-14-32(15-13-31)23-20-24(33-16-18-34-19-17-33)29-25(28-23)27-8-11-30-9-6-26-7-10-30/h2-5,20,26H,6-19H2,1H3,(H,27,28,29). The summed E-state index contributed by atoms with van der Waals surface area (Å²) in [6.07, 6.45) is 0. The van der Waals surface area contributed by atoms with Crippen molar-refractivity contribution in [2.75, 3.05) is 112 Å². The van der Waals surface area contributed by atoms with E-state index in [0.717, 1.165) is 109 Å². The Bertz CT molecular complexity index is 904. The molecule has 1 aromatic carbocycles. The average molecular weight is 467 g/mol. The third-order valence-electron chi connectivity index (χ3n) is 6.96. The van der Waals surface area contributed by atoms with E-state index < -0.39 is 0 Å².